The number of alkyl halides is 1. The molecule has 0 aliphatic heterocycles. The minimum absolute atomic E-state index is 0.0412. The number of halogens is 1. The summed E-state index contributed by atoms with van der Waals surface area (Å²) in [7, 11) is 0. The van der Waals surface area contributed by atoms with Crippen LogP contribution in [0.3, 0.4) is 0 Å². The molecule has 0 fully saturated rings. The fourth-order valence-corrected chi connectivity index (χ4v) is 1.83. The van der Waals surface area contributed by atoms with Gasteiger partial charge in [-0.25, -0.2) is 15.0 Å². The fourth-order valence-electron chi connectivity index (χ4n) is 1.43. The van der Waals surface area contributed by atoms with E-state index in [2.05, 4.69) is 41.2 Å². The van der Waals surface area contributed by atoms with Crippen LogP contribution in [-0.2, 0) is 4.79 Å². The third-order valence-corrected chi connectivity index (χ3v) is 2.83. The normalized spacial score (nSPS) is 10.6. The largest absolute Gasteiger partial charge is 0.340 e. The first-order valence-corrected chi connectivity index (χ1v) is 6.43. The molecule has 7 heteroatoms. The number of fused-ring (bicyclic) bond motifs is 1. The van der Waals surface area contributed by atoms with Gasteiger partial charge in [-0.2, -0.15) is 0 Å². The minimum atomic E-state index is -0.0412. The second-order valence-corrected chi connectivity index (χ2v) is 4.31. The van der Waals surface area contributed by atoms with Crippen molar-refractivity contribution in [1.82, 2.24) is 19.9 Å². The quantitative estimate of drug-likeness (QED) is 0.652. The molecule has 0 spiro atoms. The van der Waals surface area contributed by atoms with Gasteiger partial charge in [-0.3, -0.25) is 4.79 Å². The summed E-state index contributed by atoms with van der Waals surface area (Å²) in [6, 6.07) is 0. The molecule has 0 unspecified atom stereocenters. The minimum Gasteiger partial charge on any atom is -0.340 e. The maximum atomic E-state index is 11.6. The molecule has 90 valence electrons. The highest BCUT2D eigenvalue weighted by Gasteiger charge is 2.08. The van der Waals surface area contributed by atoms with Crippen LogP contribution in [0.4, 0.5) is 5.82 Å². The first-order chi connectivity index (χ1) is 8.31. The number of imidazole rings is 1. The highest BCUT2D eigenvalue weighted by Crippen LogP contribution is 2.14. The van der Waals surface area contributed by atoms with Crippen molar-refractivity contribution < 1.29 is 4.79 Å². The number of amides is 1. The lowest BCUT2D eigenvalue weighted by Gasteiger charge is -2.03. The summed E-state index contributed by atoms with van der Waals surface area (Å²) in [5, 5.41) is 3.67. The van der Waals surface area contributed by atoms with Gasteiger partial charge in [-0.1, -0.05) is 15.9 Å². The summed E-state index contributed by atoms with van der Waals surface area (Å²) in [4.78, 5) is 26.5. The highest BCUT2D eigenvalue weighted by atomic mass is 79.9. The van der Waals surface area contributed by atoms with Gasteiger partial charge in [-0.05, 0) is 12.8 Å². The molecule has 0 radical (unpaired) electrons. The Balaban J connectivity index is 2.03. The van der Waals surface area contributed by atoms with Crippen LogP contribution in [0.5, 0.6) is 0 Å². The van der Waals surface area contributed by atoms with E-state index < -0.39 is 0 Å². The molecule has 2 rings (SSSR count). The Hall–Kier alpha value is -1.50. The summed E-state index contributed by atoms with van der Waals surface area (Å²) in [5.41, 5.74) is 1.21. The maximum absolute atomic E-state index is 11.6. The summed E-state index contributed by atoms with van der Waals surface area (Å²) in [6.45, 7) is 0. The summed E-state index contributed by atoms with van der Waals surface area (Å²) in [6.07, 6.45) is 5.24. The van der Waals surface area contributed by atoms with Crippen molar-refractivity contribution in [3.8, 4) is 0 Å². The van der Waals surface area contributed by atoms with Crippen molar-refractivity contribution >= 4 is 38.8 Å². The molecule has 0 aliphatic carbocycles. The highest BCUT2D eigenvalue weighted by molar-refractivity contribution is 9.09. The molecule has 0 aliphatic rings. The summed E-state index contributed by atoms with van der Waals surface area (Å²) < 4.78 is 0. The molecule has 0 saturated heterocycles. The van der Waals surface area contributed by atoms with Crippen molar-refractivity contribution in [1.29, 1.82) is 0 Å². The van der Waals surface area contributed by atoms with Gasteiger partial charge in [0, 0.05) is 11.8 Å². The molecule has 0 aromatic carbocycles. The zero-order chi connectivity index (χ0) is 12.1. The standard InChI is InChI=1S/C10H12BrN5O/c11-4-2-1-3-7(17)16-10-8-9(13-5-12-8)14-6-15-10/h5-6H,1-4H2,(H2,12,13,14,15,16,17). The van der Waals surface area contributed by atoms with Gasteiger partial charge < -0.3 is 10.3 Å². The third-order valence-electron chi connectivity index (χ3n) is 2.27. The van der Waals surface area contributed by atoms with Crippen LogP contribution in [0.2, 0.25) is 0 Å². The van der Waals surface area contributed by atoms with Gasteiger partial charge in [0.15, 0.2) is 11.5 Å². The fraction of sp³-hybridized carbons (Fsp3) is 0.400. The predicted molar refractivity (Wildman–Crippen MR) is 68.0 cm³/mol. The molecule has 17 heavy (non-hydrogen) atoms. The van der Waals surface area contributed by atoms with E-state index in [-0.39, 0.29) is 5.91 Å². The predicted octanol–water partition coefficient (Wildman–Crippen LogP) is 1.86. The molecular weight excluding hydrogens is 286 g/mol. The molecule has 2 aromatic heterocycles. The van der Waals surface area contributed by atoms with Crippen LogP contribution >= 0.6 is 15.9 Å². The van der Waals surface area contributed by atoms with E-state index in [1.165, 1.54) is 12.7 Å². The van der Waals surface area contributed by atoms with Crippen LogP contribution in [0.15, 0.2) is 12.7 Å². The number of H-pyrrole nitrogens is 1. The molecule has 0 atom stereocenters. The lowest BCUT2D eigenvalue weighted by atomic mass is 10.2. The molecule has 0 bridgehead atoms. The van der Waals surface area contributed by atoms with Gasteiger partial charge >= 0.3 is 0 Å². The number of hydrogen-bond acceptors (Lipinski definition) is 4. The molecular formula is C10H12BrN5O. The van der Waals surface area contributed by atoms with Crippen LogP contribution in [0, 0.1) is 0 Å². The average molecular weight is 298 g/mol. The Labute approximate surface area is 106 Å². The number of nitrogens with one attached hydrogen (secondary N) is 2. The van der Waals surface area contributed by atoms with E-state index >= 15 is 0 Å². The topological polar surface area (TPSA) is 83.6 Å². The number of anilines is 1. The molecule has 0 saturated carbocycles. The summed E-state index contributed by atoms with van der Waals surface area (Å²) >= 11 is 3.33. The van der Waals surface area contributed by atoms with E-state index in [0.717, 1.165) is 18.2 Å². The van der Waals surface area contributed by atoms with Crippen molar-refractivity contribution in [2.45, 2.75) is 19.3 Å². The van der Waals surface area contributed by atoms with Crippen LogP contribution in [-0.4, -0.2) is 31.2 Å². The van der Waals surface area contributed by atoms with Crippen LogP contribution in [0.1, 0.15) is 19.3 Å². The average Bonchev–Trinajstić information content (AvgIpc) is 2.78. The van der Waals surface area contributed by atoms with Gasteiger partial charge in [0.05, 0.1) is 6.33 Å². The van der Waals surface area contributed by atoms with Gasteiger partial charge in [0.1, 0.15) is 11.8 Å². The van der Waals surface area contributed by atoms with E-state index in [0.29, 0.717) is 23.4 Å². The second-order valence-electron chi connectivity index (χ2n) is 3.52. The molecule has 1 amide bonds. The lowest BCUT2D eigenvalue weighted by molar-refractivity contribution is -0.116. The Kier molecular flexibility index (Phi) is 4.03. The maximum Gasteiger partial charge on any atom is 0.225 e. The number of nitrogens with zero attached hydrogens (tertiary/aromatic N) is 3. The van der Waals surface area contributed by atoms with Crippen molar-refractivity contribution in [2.75, 3.05) is 10.6 Å². The lowest BCUT2D eigenvalue weighted by Crippen LogP contribution is -2.12. The zero-order valence-corrected chi connectivity index (χ0v) is 10.7. The number of carbonyl (C=O) groups is 1. The Morgan fingerprint density at radius 3 is 3.06 bits per heavy atom. The number of rotatable bonds is 5. The van der Waals surface area contributed by atoms with Gasteiger partial charge in [0.25, 0.3) is 0 Å². The smallest absolute Gasteiger partial charge is 0.225 e. The van der Waals surface area contributed by atoms with E-state index in [9.17, 15) is 4.79 Å². The Bertz CT molecular complexity index is 512. The first-order valence-electron chi connectivity index (χ1n) is 5.31. The van der Waals surface area contributed by atoms with Crippen molar-refractivity contribution in [2.24, 2.45) is 0 Å². The molecule has 6 nitrogen and oxygen atoms in total. The van der Waals surface area contributed by atoms with Crippen LogP contribution in [0.25, 0.3) is 11.2 Å². The number of aromatic nitrogens is 4. The number of aromatic amines is 1. The molecule has 2 aromatic rings. The van der Waals surface area contributed by atoms with Crippen LogP contribution < -0.4 is 5.32 Å². The first kappa shape index (κ1) is 12.0. The van der Waals surface area contributed by atoms with Gasteiger partial charge in [-0.15, -0.1) is 0 Å². The van der Waals surface area contributed by atoms with E-state index in [4.69, 9.17) is 0 Å². The SMILES string of the molecule is O=C(CCCCBr)Nc1ncnc2nc[nH]c12. The number of carbonyl (C=O) groups excluding carboxylic acids is 1. The second kappa shape index (κ2) is 5.72. The van der Waals surface area contributed by atoms with Crippen molar-refractivity contribution in [3.05, 3.63) is 12.7 Å². The summed E-state index contributed by atoms with van der Waals surface area (Å²) in [5.74, 6) is 0.442. The Morgan fingerprint density at radius 1 is 1.35 bits per heavy atom. The van der Waals surface area contributed by atoms with E-state index in [1.54, 1.807) is 0 Å². The van der Waals surface area contributed by atoms with Crippen molar-refractivity contribution in [3.63, 3.8) is 0 Å². The number of hydrogen-bond donors (Lipinski definition) is 2. The molecule has 2 N–H and O–H groups in total. The molecule has 2 heterocycles. The third kappa shape index (κ3) is 3.00. The zero-order valence-electron chi connectivity index (χ0n) is 9.11. The Morgan fingerprint density at radius 2 is 2.24 bits per heavy atom. The van der Waals surface area contributed by atoms with E-state index in [1.807, 2.05) is 0 Å². The monoisotopic (exact) mass is 297 g/mol. The number of unbranched alkanes of at least 4 members (excludes halogenated alkanes) is 1. The van der Waals surface area contributed by atoms with Gasteiger partial charge in [0.2, 0.25) is 5.91 Å².